The minimum absolute atomic E-state index is 0.191. The number of nitrogens with zero attached hydrogens (tertiary/aromatic N) is 3. The van der Waals surface area contributed by atoms with E-state index < -0.39 is 0 Å². The van der Waals surface area contributed by atoms with Gasteiger partial charge in [-0.15, -0.1) is 0 Å². The number of pyridine rings is 1. The van der Waals surface area contributed by atoms with Gasteiger partial charge in [0.1, 0.15) is 5.70 Å². The van der Waals surface area contributed by atoms with Crippen LogP contribution in [-0.2, 0) is 16.1 Å². The number of benzene rings is 1. The standard InChI is InChI=1S/C24H27N3O2/c1-16-8-11-26(12-9-16)22-21(20-7-6-17(2)13-18(20)3)23(28)27(24(22)29)15-19-5-4-10-25-14-19/h4-7,10,13-14,16H,8-9,11-12,15H2,1-3H3. The molecule has 1 saturated heterocycles. The zero-order chi connectivity index (χ0) is 20.5. The van der Waals surface area contributed by atoms with Crippen LogP contribution >= 0.6 is 0 Å². The average Bonchev–Trinajstić information content (AvgIpc) is 2.94. The maximum Gasteiger partial charge on any atom is 0.278 e. The van der Waals surface area contributed by atoms with Gasteiger partial charge in [-0.2, -0.15) is 0 Å². The molecule has 150 valence electrons. The van der Waals surface area contributed by atoms with Crippen LogP contribution in [0.1, 0.15) is 42.0 Å². The first-order chi connectivity index (χ1) is 14.0. The van der Waals surface area contributed by atoms with Crippen LogP contribution in [-0.4, -0.2) is 39.7 Å². The Morgan fingerprint density at radius 1 is 1.07 bits per heavy atom. The lowest BCUT2D eigenvalue weighted by molar-refractivity contribution is -0.138. The fourth-order valence-electron chi connectivity index (χ4n) is 4.24. The van der Waals surface area contributed by atoms with Gasteiger partial charge in [-0.05, 0) is 55.4 Å². The minimum Gasteiger partial charge on any atom is -0.366 e. The lowest BCUT2D eigenvalue weighted by Crippen LogP contribution is -2.38. The fourth-order valence-corrected chi connectivity index (χ4v) is 4.24. The molecule has 0 saturated carbocycles. The maximum atomic E-state index is 13.5. The van der Waals surface area contributed by atoms with E-state index in [4.69, 9.17) is 0 Å². The summed E-state index contributed by atoms with van der Waals surface area (Å²) < 4.78 is 0. The molecule has 5 nitrogen and oxygen atoms in total. The third kappa shape index (κ3) is 3.69. The zero-order valence-corrected chi connectivity index (χ0v) is 17.3. The van der Waals surface area contributed by atoms with Gasteiger partial charge in [-0.3, -0.25) is 19.5 Å². The number of imide groups is 1. The molecule has 0 unspecified atom stereocenters. The molecule has 0 radical (unpaired) electrons. The Labute approximate surface area is 172 Å². The first kappa shape index (κ1) is 19.4. The Morgan fingerprint density at radius 3 is 2.48 bits per heavy atom. The highest BCUT2D eigenvalue weighted by molar-refractivity contribution is 6.35. The molecule has 2 aliphatic rings. The molecular weight excluding hydrogens is 362 g/mol. The van der Waals surface area contributed by atoms with Crippen LogP contribution < -0.4 is 0 Å². The fraction of sp³-hybridized carbons (Fsp3) is 0.375. The summed E-state index contributed by atoms with van der Waals surface area (Å²) in [4.78, 5) is 34.5. The number of likely N-dealkylation sites (tertiary alicyclic amines) is 1. The molecular formula is C24H27N3O2. The van der Waals surface area contributed by atoms with Crippen LogP contribution in [0.5, 0.6) is 0 Å². The molecule has 1 aromatic carbocycles. The van der Waals surface area contributed by atoms with E-state index in [1.165, 1.54) is 4.90 Å². The highest BCUT2D eigenvalue weighted by atomic mass is 16.2. The van der Waals surface area contributed by atoms with E-state index in [2.05, 4.69) is 22.9 Å². The minimum atomic E-state index is -0.209. The van der Waals surface area contributed by atoms with Crippen molar-refractivity contribution in [2.24, 2.45) is 5.92 Å². The number of aryl methyl sites for hydroxylation is 2. The Hall–Kier alpha value is -2.95. The van der Waals surface area contributed by atoms with E-state index in [-0.39, 0.29) is 18.4 Å². The van der Waals surface area contributed by atoms with Gasteiger partial charge < -0.3 is 4.90 Å². The van der Waals surface area contributed by atoms with Crippen LogP contribution in [0.4, 0.5) is 0 Å². The molecule has 1 aromatic heterocycles. The van der Waals surface area contributed by atoms with E-state index in [9.17, 15) is 9.59 Å². The number of rotatable bonds is 4. The van der Waals surface area contributed by atoms with Crippen molar-refractivity contribution in [1.29, 1.82) is 0 Å². The highest BCUT2D eigenvalue weighted by Crippen LogP contribution is 2.36. The molecule has 1 fully saturated rings. The quantitative estimate of drug-likeness (QED) is 0.748. The normalized spacial score (nSPS) is 18.2. The van der Waals surface area contributed by atoms with E-state index >= 15 is 0 Å². The summed E-state index contributed by atoms with van der Waals surface area (Å²) in [5.74, 6) is 0.248. The molecule has 0 aliphatic carbocycles. The lowest BCUT2D eigenvalue weighted by Gasteiger charge is -2.32. The first-order valence-corrected chi connectivity index (χ1v) is 10.3. The van der Waals surface area contributed by atoms with Crippen LogP contribution in [0.2, 0.25) is 0 Å². The van der Waals surface area contributed by atoms with Crippen LogP contribution in [0.25, 0.3) is 5.57 Å². The Bertz CT molecular complexity index is 973. The first-order valence-electron chi connectivity index (χ1n) is 10.3. The molecule has 5 heteroatoms. The van der Waals surface area contributed by atoms with Crippen molar-refractivity contribution in [1.82, 2.24) is 14.8 Å². The van der Waals surface area contributed by atoms with Crippen molar-refractivity contribution >= 4 is 17.4 Å². The largest absolute Gasteiger partial charge is 0.366 e. The summed E-state index contributed by atoms with van der Waals surface area (Å²) in [5, 5.41) is 0. The summed E-state index contributed by atoms with van der Waals surface area (Å²) in [6.07, 6.45) is 5.47. The summed E-state index contributed by atoms with van der Waals surface area (Å²) in [6, 6.07) is 9.77. The van der Waals surface area contributed by atoms with Gasteiger partial charge in [0.15, 0.2) is 0 Å². The number of carbonyl (C=O) groups excluding carboxylic acids is 2. The topological polar surface area (TPSA) is 53.5 Å². The second-order valence-electron chi connectivity index (χ2n) is 8.27. The smallest absolute Gasteiger partial charge is 0.278 e. The third-order valence-corrected chi connectivity index (χ3v) is 5.96. The van der Waals surface area contributed by atoms with Crippen molar-refractivity contribution in [2.45, 2.75) is 40.2 Å². The third-order valence-electron chi connectivity index (χ3n) is 5.96. The summed E-state index contributed by atoms with van der Waals surface area (Å²) in [5.41, 5.74) is 4.99. The molecule has 0 atom stereocenters. The number of amides is 2. The molecule has 2 aliphatic heterocycles. The van der Waals surface area contributed by atoms with Crippen LogP contribution in [0.3, 0.4) is 0 Å². The molecule has 0 spiro atoms. The van der Waals surface area contributed by atoms with E-state index in [1.807, 2.05) is 38.1 Å². The van der Waals surface area contributed by atoms with Gasteiger partial charge in [0, 0.05) is 25.5 Å². The van der Waals surface area contributed by atoms with Gasteiger partial charge >= 0.3 is 0 Å². The van der Waals surface area contributed by atoms with Crippen molar-refractivity contribution in [2.75, 3.05) is 13.1 Å². The number of carbonyl (C=O) groups is 2. The zero-order valence-electron chi connectivity index (χ0n) is 17.3. The van der Waals surface area contributed by atoms with Crippen LogP contribution in [0.15, 0.2) is 48.4 Å². The lowest BCUT2D eigenvalue weighted by atomic mass is 9.95. The van der Waals surface area contributed by atoms with Gasteiger partial charge in [0.05, 0.1) is 12.1 Å². The molecule has 2 aromatic rings. The monoisotopic (exact) mass is 389 g/mol. The van der Waals surface area contributed by atoms with E-state index in [0.717, 1.165) is 48.2 Å². The summed E-state index contributed by atoms with van der Waals surface area (Å²) in [6.45, 7) is 8.15. The second kappa shape index (κ2) is 7.82. The molecule has 2 amide bonds. The Balaban J connectivity index is 1.76. The Morgan fingerprint density at radius 2 is 1.83 bits per heavy atom. The summed E-state index contributed by atoms with van der Waals surface area (Å²) >= 11 is 0. The van der Waals surface area contributed by atoms with Crippen molar-refractivity contribution < 1.29 is 9.59 Å². The average molecular weight is 389 g/mol. The van der Waals surface area contributed by atoms with Gasteiger partial charge in [-0.25, -0.2) is 0 Å². The van der Waals surface area contributed by atoms with Crippen molar-refractivity contribution in [3.63, 3.8) is 0 Å². The van der Waals surface area contributed by atoms with Gasteiger partial charge in [-0.1, -0.05) is 36.8 Å². The molecule has 0 N–H and O–H groups in total. The predicted molar refractivity (Wildman–Crippen MR) is 113 cm³/mol. The van der Waals surface area contributed by atoms with Crippen LogP contribution in [0, 0.1) is 19.8 Å². The second-order valence-corrected chi connectivity index (χ2v) is 8.27. The number of hydrogen-bond acceptors (Lipinski definition) is 4. The van der Waals surface area contributed by atoms with Gasteiger partial charge in [0.2, 0.25) is 0 Å². The van der Waals surface area contributed by atoms with E-state index in [1.54, 1.807) is 12.4 Å². The molecule has 3 heterocycles. The number of aromatic nitrogens is 1. The van der Waals surface area contributed by atoms with Gasteiger partial charge in [0.25, 0.3) is 11.8 Å². The Kier molecular flexibility index (Phi) is 5.22. The maximum absolute atomic E-state index is 13.5. The predicted octanol–water partition coefficient (Wildman–Crippen LogP) is 3.71. The highest BCUT2D eigenvalue weighted by Gasteiger charge is 2.42. The number of piperidine rings is 1. The van der Waals surface area contributed by atoms with E-state index in [0.29, 0.717) is 17.2 Å². The van der Waals surface area contributed by atoms with Crippen molar-refractivity contribution in [3.05, 3.63) is 70.7 Å². The molecule has 0 bridgehead atoms. The SMILES string of the molecule is Cc1ccc(C2=C(N3CCC(C)CC3)C(=O)N(Cc3cccnc3)C2=O)c(C)c1. The summed E-state index contributed by atoms with van der Waals surface area (Å²) in [7, 11) is 0. The molecule has 4 rings (SSSR count). The molecule has 29 heavy (non-hydrogen) atoms. The number of hydrogen-bond donors (Lipinski definition) is 0. The van der Waals surface area contributed by atoms with Crippen molar-refractivity contribution in [3.8, 4) is 0 Å².